The quantitative estimate of drug-likeness (QED) is 0.572. The highest BCUT2D eigenvalue weighted by Crippen LogP contribution is 2.28. The lowest BCUT2D eigenvalue weighted by atomic mass is 10.1. The highest BCUT2D eigenvalue weighted by Gasteiger charge is 2.14. The third-order valence-electron chi connectivity index (χ3n) is 3.81. The molecule has 0 saturated carbocycles. The van der Waals surface area contributed by atoms with Gasteiger partial charge < -0.3 is 4.74 Å². The number of ether oxygens (including phenoxy) is 1. The summed E-state index contributed by atoms with van der Waals surface area (Å²) in [5.41, 5.74) is 3.82. The minimum absolute atomic E-state index is 0.821. The van der Waals surface area contributed by atoms with Gasteiger partial charge in [-0.25, -0.2) is 9.67 Å². The molecule has 0 spiro atoms. The van der Waals surface area contributed by atoms with Crippen LogP contribution in [0, 0.1) is 0 Å². The van der Waals surface area contributed by atoms with Gasteiger partial charge in [0.2, 0.25) is 0 Å². The first kappa shape index (κ1) is 13.5. The highest BCUT2D eigenvalue weighted by atomic mass is 16.5. The van der Waals surface area contributed by atoms with Crippen molar-refractivity contribution in [2.24, 2.45) is 0 Å². The predicted molar refractivity (Wildman–Crippen MR) is 90.9 cm³/mol. The maximum absolute atomic E-state index is 5.22. The van der Waals surface area contributed by atoms with Crippen molar-refractivity contribution in [3.05, 3.63) is 72.9 Å². The molecule has 0 N–H and O–H groups in total. The molecule has 0 amide bonds. The van der Waals surface area contributed by atoms with E-state index >= 15 is 0 Å². The number of hydrogen-bond acceptors (Lipinski definition) is 3. The lowest BCUT2D eigenvalue weighted by molar-refractivity contribution is 0.414. The van der Waals surface area contributed by atoms with Crippen molar-refractivity contribution < 1.29 is 4.74 Å². The average molecular weight is 301 g/mol. The fourth-order valence-corrected chi connectivity index (χ4v) is 2.66. The van der Waals surface area contributed by atoms with E-state index in [2.05, 4.69) is 23.2 Å². The van der Waals surface area contributed by atoms with Crippen LogP contribution < -0.4 is 4.74 Å². The molecule has 4 aromatic rings. The number of benzene rings is 2. The molecule has 0 saturated heterocycles. The first-order valence-electron chi connectivity index (χ1n) is 7.40. The van der Waals surface area contributed by atoms with Crippen LogP contribution in [0.4, 0.5) is 0 Å². The number of methoxy groups -OCH3 is 1. The second-order valence-corrected chi connectivity index (χ2v) is 5.20. The van der Waals surface area contributed by atoms with E-state index in [4.69, 9.17) is 9.84 Å². The maximum Gasteiger partial charge on any atom is 0.163 e. The summed E-state index contributed by atoms with van der Waals surface area (Å²) in [5.74, 6) is 0.821. The van der Waals surface area contributed by atoms with Gasteiger partial charge in [0.25, 0.3) is 0 Å². The SMILES string of the molecule is COc1ccc(-n2nc(-c3ccccc3)c3cccnc32)cc1. The molecule has 0 unspecified atom stereocenters. The fraction of sp³-hybridized carbons (Fsp3) is 0.0526. The molecule has 4 heteroatoms. The summed E-state index contributed by atoms with van der Waals surface area (Å²) in [6, 6.07) is 22.0. The van der Waals surface area contributed by atoms with Crippen LogP contribution in [0.25, 0.3) is 28.0 Å². The Morgan fingerprint density at radius 3 is 2.39 bits per heavy atom. The number of rotatable bonds is 3. The topological polar surface area (TPSA) is 39.9 Å². The smallest absolute Gasteiger partial charge is 0.163 e. The zero-order valence-electron chi connectivity index (χ0n) is 12.7. The number of aromatic nitrogens is 3. The number of nitrogens with zero attached hydrogens (tertiary/aromatic N) is 3. The summed E-state index contributed by atoms with van der Waals surface area (Å²) in [7, 11) is 1.66. The van der Waals surface area contributed by atoms with E-state index in [0.29, 0.717) is 0 Å². The van der Waals surface area contributed by atoms with Gasteiger partial charge in [-0.05, 0) is 36.4 Å². The van der Waals surface area contributed by atoms with Crippen LogP contribution in [-0.2, 0) is 0 Å². The molecule has 4 nitrogen and oxygen atoms in total. The van der Waals surface area contributed by atoms with Crippen molar-refractivity contribution in [3.8, 4) is 22.7 Å². The molecule has 23 heavy (non-hydrogen) atoms. The van der Waals surface area contributed by atoms with Crippen LogP contribution in [-0.4, -0.2) is 21.9 Å². The van der Waals surface area contributed by atoms with Crippen molar-refractivity contribution in [1.29, 1.82) is 0 Å². The molecule has 112 valence electrons. The summed E-state index contributed by atoms with van der Waals surface area (Å²) in [4.78, 5) is 4.52. The van der Waals surface area contributed by atoms with Gasteiger partial charge in [0, 0.05) is 17.1 Å². The summed E-state index contributed by atoms with van der Waals surface area (Å²) < 4.78 is 7.09. The van der Waals surface area contributed by atoms with Gasteiger partial charge in [-0.1, -0.05) is 30.3 Å². The van der Waals surface area contributed by atoms with Crippen LogP contribution in [0.3, 0.4) is 0 Å². The molecule has 4 rings (SSSR count). The van der Waals surface area contributed by atoms with E-state index in [1.807, 2.05) is 53.2 Å². The van der Waals surface area contributed by atoms with E-state index in [9.17, 15) is 0 Å². The average Bonchev–Trinajstić information content (AvgIpc) is 3.02. The van der Waals surface area contributed by atoms with Crippen LogP contribution >= 0.6 is 0 Å². The van der Waals surface area contributed by atoms with Gasteiger partial charge in [-0.3, -0.25) is 0 Å². The number of fused-ring (bicyclic) bond motifs is 1. The second kappa shape index (κ2) is 5.57. The zero-order chi connectivity index (χ0) is 15.6. The van der Waals surface area contributed by atoms with Crippen molar-refractivity contribution in [2.45, 2.75) is 0 Å². The van der Waals surface area contributed by atoms with Gasteiger partial charge in [-0.2, -0.15) is 5.10 Å². The van der Waals surface area contributed by atoms with Crippen molar-refractivity contribution in [1.82, 2.24) is 14.8 Å². The Labute approximate surface area is 134 Å². The fourth-order valence-electron chi connectivity index (χ4n) is 2.66. The highest BCUT2D eigenvalue weighted by molar-refractivity contribution is 5.91. The number of pyridine rings is 1. The summed E-state index contributed by atoms with van der Waals surface area (Å²) >= 11 is 0. The molecular weight excluding hydrogens is 286 g/mol. The molecule has 0 fully saturated rings. The molecular formula is C19H15N3O. The monoisotopic (exact) mass is 301 g/mol. The van der Waals surface area contributed by atoms with E-state index in [1.165, 1.54) is 0 Å². The van der Waals surface area contributed by atoms with Gasteiger partial charge in [-0.15, -0.1) is 0 Å². The van der Waals surface area contributed by atoms with Gasteiger partial charge in [0.1, 0.15) is 11.4 Å². The Morgan fingerprint density at radius 1 is 0.870 bits per heavy atom. The normalized spacial score (nSPS) is 10.8. The molecule has 0 aliphatic heterocycles. The summed E-state index contributed by atoms with van der Waals surface area (Å²) in [5, 5.41) is 5.84. The summed E-state index contributed by atoms with van der Waals surface area (Å²) in [6.07, 6.45) is 1.79. The molecule has 2 aromatic heterocycles. The standard InChI is InChI=1S/C19H15N3O/c1-23-16-11-9-15(10-12-16)22-19-17(8-5-13-20-19)18(21-22)14-6-3-2-4-7-14/h2-13H,1H3. The van der Waals surface area contributed by atoms with Gasteiger partial charge in [0.05, 0.1) is 12.8 Å². The van der Waals surface area contributed by atoms with E-state index in [1.54, 1.807) is 13.3 Å². The third-order valence-corrected chi connectivity index (χ3v) is 3.81. The minimum Gasteiger partial charge on any atom is -0.497 e. The van der Waals surface area contributed by atoms with Crippen LogP contribution in [0.15, 0.2) is 72.9 Å². The Kier molecular flexibility index (Phi) is 3.27. The van der Waals surface area contributed by atoms with Crippen LogP contribution in [0.5, 0.6) is 5.75 Å². The van der Waals surface area contributed by atoms with E-state index in [0.717, 1.165) is 33.7 Å². The first-order chi connectivity index (χ1) is 11.4. The molecule has 0 bridgehead atoms. The van der Waals surface area contributed by atoms with Crippen molar-refractivity contribution in [2.75, 3.05) is 7.11 Å². The van der Waals surface area contributed by atoms with Crippen molar-refractivity contribution in [3.63, 3.8) is 0 Å². The Balaban J connectivity index is 1.93. The molecule has 2 heterocycles. The van der Waals surface area contributed by atoms with Crippen LogP contribution in [0.1, 0.15) is 0 Å². The van der Waals surface area contributed by atoms with Crippen molar-refractivity contribution >= 4 is 11.0 Å². The predicted octanol–water partition coefficient (Wildman–Crippen LogP) is 4.10. The molecule has 2 aromatic carbocycles. The summed E-state index contributed by atoms with van der Waals surface area (Å²) in [6.45, 7) is 0. The second-order valence-electron chi connectivity index (χ2n) is 5.20. The van der Waals surface area contributed by atoms with Crippen LogP contribution in [0.2, 0.25) is 0 Å². The van der Waals surface area contributed by atoms with E-state index < -0.39 is 0 Å². The van der Waals surface area contributed by atoms with E-state index in [-0.39, 0.29) is 0 Å². The van der Waals surface area contributed by atoms with Gasteiger partial charge in [0.15, 0.2) is 5.65 Å². The lowest BCUT2D eigenvalue weighted by Crippen LogP contribution is -1.97. The zero-order valence-corrected chi connectivity index (χ0v) is 12.7. The molecule has 0 atom stereocenters. The van der Waals surface area contributed by atoms with Gasteiger partial charge >= 0.3 is 0 Å². The Morgan fingerprint density at radius 2 is 1.65 bits per heavy atom. The molecule has 0 aliphatic carbocycles. The molecule has 0 aliphatic rings. The first-order valence-corrected chi connectivity index (χ1v) is 7.40. The largest absolute Gasteiger partial charge is 0.497 e. The lowest BCUT2D eigenvalue weighted by Gasteiger charge is -2.04. The third kappa shape index (κ3) is 2.34. The minimum atomic E-state index is 0.821. The Bertz CT molecular complexity index is 943. The number of hydrogen-bond donors (Lipinski definition) is 0. The Hall–Kier alpha value is -3.14. The molecule has 0 radical (unpaired) electrons. The maximum atomic E-state index is 5.22.